The molecule has 2 N–H and O–H groups in total. The second kappa shape index (κ2) is 6.08. The molecule has 1 aliphatic carbocycles. The molecule has 0 saturated carbocycles. The number of anilines is 1. The predicted molar refractivity (Wildman–Crippen MR) is 106 cm³/mol. The van der Waals surface area contributed by atoms with Gasteiger partial charge in [0.1, 0.15) is 17.7 Å². The number of carbonyl (C=O) groups excluding carboxylic acids is 1. The smallest absolute Gasteiger partial charge is 0.169 e. The molecule has 6 nitrogen and oxygen atoms in total. The second-order valence-corrected chi connectivity index (χ2v) is 7.95. The zero-order valence-corrected chi connectivity index (χ0v) is 16.2. The van der Waals surface area contributed by atoms with Crippen molar-refractivity contribution in [2.75, 3.05) is 12.3 Å². The number of aromatic nitrogens is 3. The summed E-state index contributed by atoms with van der Waals surface area (Å²) >= 11 is 0. The Balaban J connectivity index is 2.00. The number of nitrogens with two attached hydrogens (primary N) is 1. The molecular weight excluding hydrogens is 340 g/mol. The minimum Gasteiger partial charge on any atom is -0.489 e. The highest BCUT2D eigenvalue weighted by atomic mass is 16.5. The molecule has 140 valence electrons. The van der Waals surface area contributed by atoms with Crippen molar-refractivity contribution in [2.24, 2.45) is 5.41 Å². The maximum atomic E-state index is 12.8. The Kier molecular flexibility index (Phi) is 3.94. The lowest BCUT2D eigenvalue weighted by molar-refractivity contribution is 0.0910. The Bertz CT molecular complexity index is 1070. The fourth-order valence-electron chi connectivity index (χ4n) is 4.08. The molecule has 0 spiro atoms. The van der Waals surface area contributed by atoms with Crippen LogP contribution >= 0.6 is 0 Å². The number of hydrogen-bond donors (Lipinski definition) is 1. The molecule has 0 radical (unpaired) electrons. The Morgan fingerprint density at radius 2 is 2.04 bits per heavy atom. The molecule has 0 saturated heterocycles. The van der Waals surface area contributed by atoms with E-state index in [1.165, 1.54) is 6.33 Å². The molecule has 0 bridgehead atoms. The first kappa shape index (κ1) is 17.5. The SMILES string of the molecule is CCOc1c(-n2cc(C)c3c2CC(C)(C)CC3=O)ccc2c(N)ncnc12. The summed E-state index contributed by atoms with van der Waals surface area (Å²) in [4.78, 5) is 21.2. The topological polar surface area (TPSA) is 83.0 Å². The fourth-order valence-corrected chi connectivity index (χ4v) is 4.08. The van der Waals surface area contributed by atoms with E-state index in [9.17, 15) is 4.79 Å². The zero-order chi connectivity index (χ0) is 19.3. The van der Waals surface area contributed by atoms with Crippen LogP contribution in [0, 0.1) is 12.3 Å². The zero-order valence-electron chi connectivity index (χ0n) is 16.2. The molecule has 6 heteroatoms. The van der Waals surface area contributed by atoms with E-state index in [1.54, 1.807) is 0 Å². The van der Waals surface area contributed by atoms with Crippen molar-refractivity contribution in [1.82, 2.24) is 14.5 Å². The van der Waals surface area contributed by atoms with Crippen LogP contribution in [-0.4, -0.2) is 26.9 Å². The van der Waals surface area contributed by atoms with Gasteiger partial charge in [0, 0.05) is 29.3 Å². The molecule has 27 heavy (non-hydrogen) atoms. The van der Waals surface area contributed by atoms with E-state index < -0.39 is 0 Å². The second-order valence-electron chi connectivity index (χ2n) is 7.95. The first-order valence-corrected chi connectivity index (χ1v) is 9.23. The van der Waals surface area contributed by atoms with Gasteiger partial charge in [-0.3, -0.25) is 4.79 Å². The number of benzene rings is 1. The van der Waals surface area contributed by atoms with E-state index in [4.69, 9.17) is 10.5 Å². The van der Waals surface area contributed by atoms with Crippen molar-refractivity contribution in [1.29, 1.82) is 0 Å². The minimum atomic E-state index is -0.0676. The van der Waals surface area contributed by atoms with Gasteiger partial charge in [0.05, 0.1) is 12.3 Å². The van der Waals surface area contributed by atoms with Gasteiger partial charge in [0.15, 0.2) is 11.5 Å². The quantitative estimate of drug-likeness (QED) is 0.763. The largest absolute Gasteiger partial charge is 0.489 e. The Morgan fingerprint density at radius 1 is 1.26 bits per heavy atom. The summed E-state index contributed by atoms with van der Waals surface area (Å²) in [5, 5.41) is 0.763. The van der Waals surface area contributed by atoms with E-state index in [0.717, 1.165) is 34.3 Å². The van der Waals surface area contributed by atoms with Gasteiger partial charge in [-0.25, -0.2) is 9.97 Å². The Morgan fingerprint density at radius 3 is 2.78 bits per heavy atom. The van der Waals surface area contributed by atoms with Crippen molar-refractivity contribution in [2.45, 2.75) is 40.5 Å². The maximum Gasteiger partial charge on any atom is 0.169 e. The molecule has 0 unspecified atom stereocenters. The molecule has 4 rings (SSSR count). The lowest BCUT2D eigenvalue weighted by Gasteiger charge is -2.30. The van der Waals surface area contributed by atoms with Gasteiger partial charge in [-0.15, -0.1) is 0 Å². The first-order chi connectivity index (χ1) is 12.8. The monoisotopic (exact) mass is 364 g/mol. The van der Waals surface area contributed by atoms with Gasteiger partial charge in [-0.2, -0.15) is 0 Å². The van der Waals surface area contributed by atoms with Crippen LogP contribution in [0.2, 0.25) is 0 Å². The molecule has 0 atom stereocenters. The van der Waals surface area contributed by atoms with Gasteiger partial charge in [0.25, 0.3) is 0 Å². The van der Waals surface area contributed by atoms with Crippen LogP contribution in [0.1, 0.15) is 48.8 Å². The molecule has 0 aliphatic heterocycles. The summed E-state index contributed by atoms with van der Waals surface area (Å²) < 4.78 is 8.08. The molecule has 3 aromatic rings. The summed E-state index contributed by atoms with van der Waals surface area (Å²) in [6.07, 6.45) is 4.88. The number of nitrogens with zero attached hydrogens (tertiary/aromatic N) is 3. The maximum absolute atomic E-state index is 12.8. The highest BCUT2D eigenvalue weighted by Gasteiger charge is 2.35. The number of nitrogen functional groups attached to an aromatic ring is 1. The summed E-state index contributed by atoms with van der Waals surface area (Å²) in [5.74, 6) is 1.30. The van der Waals surface area contributed by atoms with E-state index in [0.29, 0.717) is 30.1 Å². The van der Waals surface area contributed by atoms with Crippen molar-refractivity contribution in [3.8, 4) is 11.4 Å². The van der Waals surface area contributed by atoms with Crippen LogP contribution in [0.5, 0.6) is 5.75 Å². The van der Waals surface area contributed by atoms with Crippen LogP contribution in [0.15, 0.2) is 24.7 Å². The molecule has 1 aliphatic rings. The normalized spacial score (nSPS) is 15.8. The number of aryl methyl sites for hydroxylation is 1. The summed E-state index contributed by atoms with van der Waals surface area (Å²) in [7, 11) is 0. The van der Waals surface area contributed by atoms with Crippen molar-refractivity contribution >= 4 is 22.5 Å². The lowest BCUT2D eigenvalue weighted by atomic mass is 9.75. The Labute approximate surface area is 158 Å². The number of carbonyl (C=O) groups is 1. The third-order valence-corrected chi connectivity index (χ3v) is 5.18. The van der Waals surface area contributed by atoms with Gasteiger partial charge >= 0.3 is 0 Å². The van der Waals surface area contributed by atoms with Crippen LogP contribution in [0.3, 0.4) is 0 Å². The minimum absolute atomic E-state index is 0.0676. The first-order valence-electron chi connectivity index (χ1n) is 9.23. The molecule has 1 aromatic carbocycles. The third kappa shape index (κ3) is 2.76. The highest BCUT2D eigenvalue weighted by molar-refractivity contribution is 6.01. The third-order valence-electron chi connectivity index (χ3n) is 5.18. The van der Waals surface area contributed by atoms with Crippen molar-refractivity contribution in [3.63, 3.8) is 0 Å². The van der Waals surface area contributed by atoms with E-state index in [-0.39, 0.29) is 11.2 Å². The van der Waals surface area contributed by atoms with Crippen LogP contribution in [0.4, 0.5) is 5.82 Å². The van der Waals surface area contributed by atoms with Gasteiger partial charge < -0.3 is 15.0 Å². The average Bonchev–Trinajstić information content (AvgIpc) is 2.91. The number of fused-ring (bicyclic) bond motifs is 2. The molecule has 0 fully saturated rings. The molecular formula is C21H24N4O2. The van der Waals surface area contributed by atoms with Crippen molar-refractivity contribution < 1.29 is 9.53 Å². The van der Waals surface area contributed by atoms with Crippen molar-refractivity contribution in [3.05, 3.63) is 41.5 Å². The number of Topliss-reactive ketones (excluding diaryl/α,β-unsaturated/α-hetero) is 1. The highest BCUT2D eigenvalue weighted by Crippen LogP contribution is 2.40. The Hall–Kier alpha value is -2.89. The number of ketones is 1. The van der Waals surface area contributed by atoms with Crippen LogP contribution in [0.25, 0.3) is 16.6 Å². The number of ether oxygens (including phenoxy) is 1. The lowest BCUT2D eigenvalue weighted by Crippen LogP contribution is -2.28. The van der Waals surface area contributed by atoms with E-state index >= 15 is 0 Å². The van der Waals surface area contributed by atoms with Gasteiger partial charge in [-0.05, 0) is 43.4 Å². The summed E-state index contributed by atoms with van der Waals surface area (Å²) in [5.41, 5.74) is 10.4. The molecule has 0 amide bonds. The molecule has 2 aromatic heterocycles. The van der Waals surface area contributed by atoms with Gasteiger partial charge in [0.2, 0.25) is 0 Å². The predicted octanol–water partition coefficient (Wildman–Crippen LogP) is 3.86. The summed E-state index contributed by atoms with van der Waals surface area (Å²) in [6.45, 7) is 8.71. The van der Waals surface area contributed by atoms with Crippen LogP contribution < -0.4 is 10.5 Å². The summed E-state index contributed by atoms with van der Waals surface area (Å²) in [6, 6.07) is 3.89. The van der Waals surface area contributed by atoms with E-state index in [2.05, 4.69) is 28.4 Å². The molecule has 2 heterocycles. The average molecular weight is 364 g/mol. The van der Waals surface area contributed by atoms with Gasteiger partial charge in [-0.1, -0.05) is 13.8 Å². The number of rotatable bonds is 3. The standard InChI is InChI=1S/C21H24N4O2/c1-5-27-19-14(7-6-13-18(19)23-11-24-20(13)22)25-10-12(2)17-15(25)8-21(3,4)9-16(17)26/h6-7,10-11H,5,8-9H2,1-4H3,(H2,22,23,24). The fraction of sp³-hybridized carbons (Fsp3) is 0.381. The number of hydrogen-bond acceptors (Lipinski definition) is 5. The van der Waals surface area contributed by atoms with Crippen LogP contribution in [-0.2, 0) is 6.42 Å². The van der Waals surface area contributed by atoms with E-state index in [1.807, 2.05) is 32.2 Å².